The number of methoxy groups -OCH3 is 1. The van der Waals surface area contributed by atoms with Gasteiger partial charge in [-0.25, -0.2) is 4.79 Å². The van der Waals surface area contributed by atoms with Crippen molar-refractivity contribution in [3.8, 4) is 5.88 Å². The number of hydrogen-bond acceptors (Lipinski definition) is 6. The highest BCUT2D eigenvalue weighted by molar-refractivity contribution is 5.85. The molecular formula is C17H21N5O3. The van der Waals surface area contributed by atoms with Crippen LogP contribution in [0, 0.1) is 6.92 Å². The second-order valence-corrected chi connectivity index (χ2v) is 5.76. The van der Waals surface area contributed by atoms with E-state index in [4.69, 9.17) is 15.2 Å². The van der Waals surface area contributed by atoms with Gasteiger partial charge in [-0.15, -0.1) is 0 Å². The molecule has 0 aliphatic heterocycles. The number of nitrogens with one attached hydrogen (secondary N) is 1. The number of rotatable bonds is 7. The van der Waals surface area contributed by atoms with Gasteiger partial charge in [0.25, 0.3) is 0 Å². The van der Waals surface area contributed by atoms with Crippen LogP contribution in [0.1, 0.15) is 17.7 Å². The second kappa shape index (κ2) is 7.35. The number of aryl methyl sites for hydroxylation is 1. The Labute approximate surface area is 144 Å². The summed E-state index contributed by atoms with van der Waals surface area (Å²) in [6, 6.07) is 5.58. The van der Waals surface area contributed by atoms with Crippen molar-refractivity contribution in [3.63, 3.8) is 0 Å². The minimum atomic E-state index is -0.249. The number of H-pyrrole nitrogens is 1. The van der Waals surface area contributed by atoms with Gasteiger partial charge in [-0.05, 0) is 18.6 Å². The number of nitrogens with zero attached hydrogens (tertiary/aromatic N) is 3. The van der Waals surface area contributed by atoms with Crippen LogP contribution in [-0.4, -0.2) is 39.8 Å². The second-order valence-electron chi connectivity index (χ2n) is 5.76. The number of ether oxygens (including phenoxy) is 2. The molecule has 3 N–H and O–H groups in total. The lowest BCUT2D eigenvalue weighted by Crippen LogP contribution is -2.17. The van der Waals surface area contributed by atoms with Gasteiger partial charge in [0, 0.05) is 38.1 Å². The fourth-order valence-corrected chi connectivity index (χ4v) is 2.54. The molecule has 0 aromatic carbocycles. The smallest absolute Gasteiger partial charge is 0.326 e. The molecule has 8 heteroatoms. The summed E-state index contributed by atoms with van der Waals surface area (Å²) in [5.41, 5.74) is 8.73. The van der Waals surface area contributed by atoms with Crippen molar-refractivity contribution in [2.45, 2.75) is 19.9 Å². The quantitative estimate of drug-likeness (QED) is 0.629. The summed E-state index contributed by atoms with van der Waals surface area (Å²) in [5, 5.41) is 0. The third-order valence-electron chi connectivity index (χ3n) is 3.83. The Morgan fingerprint density at radius 3 is 2.88 bits per heavy atom. The highest BCUT2D eigenvalue weighted by atomic mass is 16.5. The van der Waals surface area contributed by atoms with Crippen molar-refractivity contribution in [2.75, 3.05) is 26.1 Å². The van der Waals surface area contributed by atoms with E-state index in [1.807, 2.05) is 19.1 Å². The standard InChI is InChI=1S/C17H21N5O3/c1-11-4-5-12(9-19-11)10-22-13-8-14(25-7-3-6-24-2)20-16(18)15(13)21-17(22)23/h4-5,8-9H,3,6-7,10H2,1-2H3,(H2,18,20)(H,21,23). The van der Waals surface area contributed by atoms with E-state index in [0.717, 1.165) is 17.7 Å². The zero-order valence-corrected chi connectivity index (χ0v) is 14.3. The first-order valence-corrected chi connectivity index (χ1v) is 8.01. The van der Waals surface area contributed by atoms with Crippen LogP contribution < -0.4 is 16.2 Å². The van der Waals surface area contributed by atoms with Crippen LogP contribution in [-0.2, 0) is 11.3 Å². The van der Waals surface area contributed by atoms with Gasteiger partial charge in [-0.3, -0.25) is 9.55 Å². The molecule has 0 fully saturated rings. The van der Waals surface area contributed by atoms with E-state index in [9.17, 15) is 4.79 Å². The average molecular weight is 343 g/mol. The molecule has 0 aliphatic carbocycles. The first-order valence-electron chi connectivity index (χ1n) is 8.01. The lowest BCUT2D eigenvalue weighted by molar-refractivity contribution is 0.170. The van der Waals surface area contributed by atoms with E-state index in [1.54, 1.807) is 23.9 Å². The van der Waals surface area contributed by atoms with Gasteiger partial charge in [-0.2, -0.15) is 4.98 Å². The summed E-state index contributed by atoms with van der Waals surface area (Å²) in [5.74, 6) is 0.619. The number of pyridine rings is 2. The van der Waals surface area contributed by atoms with Gasteiger partial charge in [0.15, 0.2) is 5.82 Å². The van der Waals surface area contributed by atoms with Crippen molar-refractivity contribution in [2.24, 2.45) is 0 Å². The molecule has 3 aromatic rings. The molecule has 8 nitrogen and oxygen atoms in total. The average Bonchev–Trinajstić information content (AvgIpc) is 2.90. The highest BCUT2D eigenvalue weighted by Gasteiger charge is 2.13. The number of nitrogen functional groups attached to an aromatic ring is 1. The lowest BCUT2D eigenvalue weighted by atomic mass is 10.2. The van der Waals surface area contributed by atoms with E-state index >= 15 is 0 Å². The van der Waals surface area contributed by atoms with E-state index in [-0.39, 0.29) is 11.5 Å². The largest absolute Gasteiger partial charge is 0.477 e. The predicted molar refractivity (Wildman–Crippen MR) is 94.8 cm³/mol. The molecular weight excluding hydrogens is 322 g/mol. The van der Waals surface area contributed by atoms with Gasteiger partial charge >= 0.3 is 5.69 Å². The van der Waals surface area contributed by atoms with E-state index < -0.39 is 0 Å². The summed E-state index contributed by atoms with van der Waals surface area (Å²) in [4.78, 5) is 23.5. The molecule has 3 rings (SSSR count). The monoisotopic (exact) mass is 343 g/mol. The molecule has 0 bridgehead atoms. The Morgan fingerprint density at radius 1 is 1.32 bits per heavy atom. The normalized spacial score (nSPS) is 11.1. The summed E-state index contributed by atoms with van der Waals surface area (Å²) in [6.45, 7) is 3.37. The summed E-state index contributed by atoms with van der Waals surface area (Å²) >= 11 is 0. The Balaban J connectivity index is 1.91. The molecule has 0 saturated carbocycles. The number of nitrogens with two attached hydrogens (primary N) is 1. The molecule has 0 saturated heterocycles. The number of aromatic nitrogens is 4. The molecule has 0 spiro atoms. The van der Waals surface area contributed by atoms with E-state index in [2.05, 4.69) is 15.0 Å². The minimum absolute atomic E-state index is 0.233. The summed E-state index contributed by atoms with van der Waals surface area (Å²) in [6.07, 6.45) is 2.50. The number of imidazole rings is 1. The number of aromatic amines is 1. The van der Waals surface area contributed by atoms with Crippen molar-refractivity contribution in [3.05, 3.63) is 46.1 Å². The van der Waals surface area contributed by atoms with Gasteiger partial charge in [0.05, 0.1) is 18.7 Å². The molecule has 0 amide bonds. The fraction of sp³-hybridized carbons (Fsp3) is 0.353. The summed E-state index contributed by atoms with van der Waals surface area (Å²) < 4.78 is 12.2. The minimum Gasteiger partial charge on any atom is -0.477 e. The maximum atomic E-state index is 12.3. The third-order valence-corrected chi connectivity index (χ3v) is 3.83. The summed E-state index contributed by atoms with van der Waals surface area (Å²) in [7, 11) is 1.64. The van der Waals surface area contributed by atoms with Crippen molar-refractivity contribution >= 4 is 16.9 Å². The van der Waals surface area contributed by atoms with Gasteiger partial charge in [0.2, 0.25) is 5.88 Å². The highest BCUT2D eigenvalue weighted by Crippen LogP contribution is 2.22. The van der Waals surface area contributed by atoms with Crippen molar-refractivity contribution in [1.82, 2.24) is 19.5 Å². The van der Waals surface area contributed by atoms with Gasteiger partial charge in [0.1, 0.15) is 5.52 Å². The van der Waals surface area contributed by atoms with Gasteiger partial charge in [-0.1, -0.05) is 6.07 Å². The molecule has 3 aromatic heterocycles. The lowest BCUT2D eigenvalue weighted by Gasteiger charge is -2.08. The zero-order valence-electron chi connectivity index (χ0n) is 14.3. The first-order chi connectivity index (χ1) is 12.1. The Kier molecular flexibility index (Phi) is 4.99. The van der Waals surface area contributed by atoms with Crippen LogP contribution in [0.2, 0.25) is 0 Å². The Morgan fingerprint density at radius 2 is 2.16 bits per heavy atom. The van der Waals surface area contributed by atoms with E-state index in [1.165, 1.54) is 0 Å². The Bertz CT molecular complexity index is 914. The number of fused-ring (bicyclic) bond motifs is 1. The third kappa shape index (κ3) is 3.80. The molecule has 0 radical (unpaired) electrons. The maximum Gasteiger partial charge on any atom is 0.326 e. The zero-order chi connectivity index (χ0) is 17.8. The number of anilines is 1. The molecule has 0 atom stereocenters. The Hall–Kier alpha value is -2.87. The van der Waals surface area contributed by atoms with Crippen molar-refractivity contribution < 1.29 is 9.47 Å². The fourth-order valence-electron chi connectivity index (χ4n) is 2.54. The first kappa shape index (κ1) is 17.0. The van der Waals surface area contributed by atoms with Crippen LogP contribution in [0.5, 0.6) is 5.88 Å². The molecule has 132 valence electrons. The predicted octanol–water partition coefficient (Wildman–Crippen LogP) is 1.47. The van der Waals surface area contributed by atoms with Crippen molar-refractivity contribution in [1.29, 1.82) is 0 Å². The van der Waals surface area contributed by atoms with Crippen LogP contribution >= 0.6 is 0 Å². The molecule has 0 unspecified atom stereocenters. The maximum absolute atomic E-state index is 12.3. The topological polar surface area (TPSA) is 108 Å². The number of hydrogen-bond donors (Lipinski definition) is 2. The molecule has 0 aliphatic rings. The van der Waals surface area contributed by atoms with Crippen LogP contribution in [0.3, 0.4) is 0 Å². The van der Waals surface area contributed by atoms with E-state index in [0.29, 0.717) is 36.7 Å². The van der Waals surface area contributed by atoms with Gasteiger partial charge < -0.3 is 20.2 Å². The molecule has 25 heavy (non-hydrogen) atoms. The van der Waals surface area contributed by atoms with Crippen LogP contribution in [0.4, 0.5) is 5.82 Å². The SMILES string of the molecule is COCCCOc1cc2c([nH]c(=O)n2Cc2ccc(C)nc2)c(N)n1. The van der Waals surface area contributed by atoms with Crippen LogP contribution in [0.15, 0.2) is 29.2 Å². The molecule has 3 heterocycles. The van der Waals surface area contributed by atoms with Crippen LogP contribution in [0.25, 0.3) is 11.0 Å².